The van der Waals surface area contributed by atoms with Crippen LogP contribution in [0.4, 0.5) is 10.7 Å². The normalized spacial score (nSPS) is 10.6. The minimum absolute atomic E-state index is 0.0174. The van der Waals surface area contributed by atoms with E-state index in [4.69, 9.17) is 5.73 Å². The second kappa shape index (κ2) is 6.28. The van der Waals surface area contributed by atoms with Crippen molar-refractivity contribution in [2.75, 3.05) is 23.9 Å². The van der Waals surface area contributed by atoms with E-state index in [0.717, 1.165) is 22.0 Å². The number of pyridine rings is 1. The number of ketones is 1. The van der Waals surface area contributed by atoms with Crippen LogP contribution < -0.4 is 10.6 Å². The van der Waals surface area contributed by atoms with E-state index < -0.39 is 0 Å². The summed E-state index contributed by atoms with van der Waals surface area (Å²) < 4.78 is 0. The van der Waals surface area contributed by atoms with Crippen LogP contribution >= 0.6 is 23.1 Å². The first-order valence-corrected chi connectivity index (χ1v) is 8.16. The smallest absolute Gasteiger partial charge is 0.171 e. The molecule has 0 fully saturated rings. The van der Waals surface area contributed by atoms with Gasteiger partial charge in [-0.25, -0.2) is 0 Å². The van der Waals surface area contributed by atoms with E-state index in [1.165, 1.54) is 11.3 Å². The molecule has 0 aliphatic rings. The van der Waals surface area contributed by atoms with E-state index in [1.807, 2.05) is 31.6 Å². The Morgan fingerprint density at radius 3 is 2.85 bits per heavy atom. The number of hydrogen-bond acceptors (Lipinski definition) is 6. The van der Waals surface area contributed by atoms with Crippen LogP contribution in [0.15, 0.2) is 29.4 Å². The molecule has 2 aromatic rings. The van der Waals surface area contributed by atoms with E-state index in [2.05, 4.69) is 9.88 Å². The number of thioether (sulfide) groups is 1. The quantitative estimate of drug-likeness (QED) is 0.678. The number of thiophene rings is 1. The largest absolute Gasteiger partial charge is 0.396 e. The lowest BCUT2D eigenvalue weighted by atomic mass is 10.2. The molecule has 2 heterocycles. The van der Waals surface area contributed by atoms with Gasteiger partial charge in [0.1, 0.15) is 5.00 Å². The summed E-state index contributed by atoms with van der Waals surface area (Å²) >= 11 is 3.03. The highest BCUT2D eigenvalue weighted by atomic mass is 32.2. The van der Waals surface area contributed by atoms with Crippen LogP contribution in [0.3, 0.4) is 0 Å². The van der Waals surface area contributed by atoms with Gasteiger partial charge in [0.15, 0.2) is 5.78 Å². The van der Waals surface area contributed by atoms with Crippen molar-refractivity contribution in [1.29, 1.82) is 0 Å². The zero-order chi connectivity index (χ0) is 14.7. The molecule has 2 N–H and O–H groups in total. The molecule has 0 unspecified atom stereocenters. The van der Waals surface area contributed by atoms with Crippen molar-refractivity contribution in [3.05, 3.63) is 35.0 Å². The Morgan fingerprint density at radius 2 is 2.30 bits per heavy atom. The lowest BCUT2D eigenvalue weighted by Crippen LogP contribution is -2.15. The molecule has 0 amide bonds. The number of carbonyl (C=O) groups is 1. The second-order valence-corrected chi connectivity index (χ2v) is 6.27. The minimum atomic E-state index is 0.0174. The van der Waals surface area contributed by atoms with Crippen LogP contribution in [0, 0.1) is 0 Å². The van der Waals surface area contributed by atoms with Crippen molar-refractivity contribution in [2.24, 2.45) is 0 Å². The number of nitrogens with two attached hydrogens (primary N) is 1. The van der Waals surface area contributed by atoms with Gasteiger partial charge in [-0.05, 0) is 17.9 Å². The molecule has 0 spiro atoms. The summed E-state index contributed by atoms with van der Waals surface area (Å²) in [6, 6.07) is 3.95. The fourth-order valence-electron chi connectivity index (χ4n) is 1.96. The highest BCUT2D eigenvalue weighted by Gasteiger charge is 2.20. The molecule has 0 aromatic carbocycles. The number of nitrogen functional groups attached to an aromatic ring is 1. The van der Waals surface area contributed by atoms with Gasteiger partial charge in [0, 0.05) is 32.9 Å². The van der Waals surface area contributed by atoms with Crippen LogP contribution in [0.2, 0.25) is 0 Å². The number of aromatic nitrogens is 1. The number of nitrogens with zero attached hydrogens (tertiary/aromatic N) is 2. The summed E-state index contributed by atoms with van der Waals surface area (Å²) in [5.74, 6) is 0.0174. The Balaban J connectivity index is 2.32. The third kappa shape index (κ3) is 2.96. The molecule has 6 heteroatoms. The minimum Gasteiger partial charge on any atom is -0.396 e. The van der Waals surface area contributed by atoms with Gasteiger partial charge in [0.05, 0.1) is 15.5 Å². The topological polar surface area (TPSA) is 59.2 Å². The lowest BCUT2D eigenvalue weighted by Gasteiger charge is -2.18. The summed E-state index contributed by atoms with van der Waals surface area (Å²) in [7, 11) is 2.00. The van der Waals surface area contributed by atoms with Gasteiger partial charge in [-0.1, -0.05) is 6.07 Å². The summed E-state index contributed by atoms with van der Waals surface area (Å²) in [6.07, 6.45) is 5.58. The van der Waals surface area contributed by atoms with E-state index >= 15 is 0 Å². The monoisotopic (exact) mass is 307 g/mol. The van der Waals surface area contributed by atoms with Crippen LogP contribution in [0.1, 0.15) is 22.2 Å². The average molecular weight is 307 g/mol. The summed E-state index contributed by atoms with van der Waals surface area (Å²) in [5, 5.41) is 1.03. The molecular weight excluding hydrogens is 290 g/mol. The zero-order valence-corrected chi connectivity index (χ0v) is 13.3. The Morgan fingerprint density at radius 1 is 1.55 bits per heavy atom. The lowest BCUT2D eigenvalue weighted by molar-refractivity contribution is 0.102. The standard InChI is InChI=1S/C14H17N3OS2/c1-9(18)12-11(15)13(19-3)14(20-12)17(2)8-10-5-4-6-16-7-10/h4-7H,8,15H2,1-3H3. The third-order valence-electron chi connectivity index (χ3n) is 2.90. The first-order valence-electron chi connectivity index (χ1n) is 6.11. The molecule has 0 saturated heterocycles. The fraction of sp³-hybridized carbons (Fsp3) is 0.286. The van der Waals surface area contributed by atoms with Gasteiger partial charge in [-0.2, -0.15) is 0 Å². The summed E-state index contributed by atoms with van der Waals surface area (Å²) in [5.41, 5.74) is 7.80. The van der Waals surface area contributed by atoms with Gasteiger partial charge in [-0.3, -0.25) is 9.78 Å². The number of anilines is 2. The van der Waals surface area contributed by atoms with Crippen molar-refractivity contribution in [2.45, 2.75) is 18.4 Å². The maximum Gasteiger partial charge on any atom is 0.171 e. The van der Waals surface area contributed by atoms with Gasteiger partial charge in [0.25, 0.3) is 0 Å². The van der Waals surface area contributed by atoms with E-state index in [0.29, 0.717) is 10.6 Å². The Labute approximate surface area is 127 Å². The molecule has 2 aromatic heterocycles. The highest BCUT2D eigenvalue weighted by molar-refractivity contribution is 7.99. The highest BCUT2D eigenvalue weighted by Crippen LogP contribution is 2.43. The van der Waals surface area contributed by atoms with Gasteiger partial charge in [0.2, 0.25) is 0 Å². The molecule has 0 aliphatic heterocycles. The third-order valence-corrected chi connectivity index (χ3v) is 5.27. The van der Waals surface area contributed by atoms with Crippen molar-refractivity contribution in [1.82, 2.24) is 4.98 Å². The molecule has 4 nitrogen and oxygen atoms in total. The van der Waals surface area contributed by atoms with Crippen LogP contribution in [0.5, 0.6) is 0 Å². The number of hydrogen-bond donors (Lipinski definition) is 1. The molecule has 2 rings (SSSR count). The van der Waals surface area contributed by atoms with Crippen molar-refractivity contribution in [3.63, 3.8) is 0 Å². The molecule has 106 valence electrons. The predicted octanol–water partition coefficient (Wildman–Crippen LogP) is 3.29. The molecule has 0 bridgehead atoms. The van der Waals surface area contributed by atoms with Gasteiger partial charge < -0.3 is 10.6 Å². The SMILES string of the molecule is CSc1c(N(C)Cc2cccnc2)sc(C(C)=O)c1N. The number of Topliss-reactive ketones (excluding diaryl/α,β-unsaturated/α-hetero) is 1. The maximum atomic E-state index is 11.6. The molecular formula is C14H17N3OS2. The zero-order valence-electron chi connectivity index (χ0n) is 11.7. The van der Waals surface area contributed by atoms with E-state index in [9.17, 15) is 4.79 Å². The average Bonchev–Trinajstić information content (AvgIpc) is 2.77. The predicted molar refractivity (Wildman–Crippen MR) is 86.9 cm³/mol. The molecule has 0 atom stereocenters. The Hall–Kier alpha value is -1.53. The summed E-state index contributed by atoms with van der Waals surface area (Å²) in [4.78, 5) is 19.5. The molecule has 0 aliphatic carbocycles. The second-order valence-electron chi connectivity index (χ2n) is 4.46. The first-order chi connectivity index (χ1) is 9.54. The van der Waals surface area contributed by atoms with Crippen molar-refractivity contribution < 1.29 is 4.79 Å². The summed E-state index contributed by atoms with van der Waals surface area (Å²) in [6.45, 7) is 2.29. The molecule has 0 saturated carbocycles. The fourth-order valence-corrected chi connectivity index (χ4v) is 4.03. The number of carbonyl (C=O) groups excluding carboxylic acids is 1. The first kappa shape index (κ1) is 14.9. The van der Waals surface area contributed by atoms with Gasteiger partial charge in [-0.15, -0.1) is 23.1 Å². The van der Waals surface area contributed by atoms with Crippen LogP contribution in [-0.4, -0.2) is 24.1 Å². The van der Waals surface area contributed by atoms with Crippen molar-refractivity contribution >= 4 is 39.6 Å². The Kier molecular flexibility index (Phi) is 4.67. The van der Waals surface area contributed by atoms with Crippen LogP contribution in [-0.2, 0) is 6.54 Å². The van der Waals surface area contributed by atoms with Crippen LogP contribution in [0.25, 0.3) is 0 Å². The van der Waals surface area contributed by atoms with Crippen molar-refractivity contribution in [3.8, 4) is 0 Å². The molecule has 0 radical (unpaired) electrons. The maximum absolute atomic E-state index is 11.6. The molecule has 20 heavy (non-hydrogen) atoms. The number of rotatable bonds is 5. The van der Waals surface area contributed by atoms with E-state index in [-0.39, 0.29) is 5.78 Å². The Bertz CT molecular complexity index is 610. The van der Waals surface area contributed by atoms with Gasteiger partial charge >= 0.3 is 0 Å². The van der Waals surface area contributed by atoms with E-state index in [1.54, 1.807) is 24.9 Å².